The number of nitrogens with zero attached hydrogens (tertiary/aromatic N) is 4. The van der Waals surface area contributed by atoms with Crippen LogP contribution in [0.3, 0.4) is 0 Å². The standard InChI is InChI=1S/C44H54N6O6S/c1-5-48(25-44-24-45-22-38(44)56-26-44)43(52)36-21-46-50(32-12-9-13-32)40(36)31-18-30-19-33(55-4)15-17-34(30)41-39(28-10-7-6-8-11-28)35-16-14-29(20-37(35)49(41)23-31)42(51)47-57(53,54)27(2)3/h14-21,27-28,32,38,45H,5-13,22-26H2,1-4H3,(H,47,51). The number of sulfonamides is 1. The summed E-state index contributed by atoms with van der Waals surface area (Å²) in [6.45, 7) is 9.02. The van der Waals surface area contributed by atoms with Crippen LogP contribution >= 0.6 is 0 Å². The number of benzene rings is 2. The second kappa shape index (κ2) is 14.7. The van der Waals surface area contributed by atoms with Crippen molar-refractivity contribution in [3.63, 3.8) is 0 Å². The van der Waals surface area contributed by atoms with Gasteiger partial charge in [0.25, 0.3) is 11.8 Å². The number of methoxy groups -OCH3 is 1. The Bertz CT molecular complexity index is 2390. The number of rotatable bonds is 11. The molecule has 2 aromatic carbocycles. The van der Waals surface area contributed by atoms with Gasteiger partial charge in [-0.2, -0.15) is 5.10 Å². The molecule has 2 aliphatic carbocycles. The second-order valence-corrected chi connectivity index (χ2v) is 19.3. The molecular formula is C44H54N6O6S. The van der Waals surface area contributed by atoms with E-state index in [-0.39, 0.29) is 29.0 Å². The first-order valence-corrected chi connectivity index (χ1v) is 22.4. The molecule has 9 rings (SSSR count). The van der Waals surface area contributed by atoms with Crippen LogP contribution in [-0.2, 0) is 21.3 Å². The van der Waals surface area contributed by atoms with E-state index in [0.29, 0.717) is 37.7 Å². The molecule has 57 heavy (non-hydrogen) atoms. The summed E-state index contributed by atoms with van der Waals surface area (Å²) in [4.78, 5) is 30.5. The van der Waals surface area contributed by atoms with Gasteiger partial charge < -0.3 is 24.3 Å². The van der Waals surface area contributed by atoms with Crippen LogP contribution in [0.15, 0.2) is 42.6 Å². The molecule has 2 unspecified atom stereocenters. The zero-order valence-electron chi connectivity index (χ0n) is 33.5. The third-order valence-electron chi connectivity index (χ3n) is 13.4. The van der Waals surface area contributed by atoms with Crippen LogP contribution in [0.2, 0.25) is 0 Å². The molecule has 4 fully saturated rings. The summed E-state index contributed by atoms with van der Waals surface area (Å²) in [7, 11) is -2.17. The minimum absolute atomic E-state index is 0.0354. The van der Waals surface area contributed by atoms with Gasteiger partial charge in [-0.25, -0.2) is 13.1 Å². The van der Waals surface area contributed by atoms with Gasteiger partial charge in [0, 0.05) is 48.2 Å². The largest absolute Gasteiger partial charge is 0.497 e. The highest BCUT2D eigenvalue weighted by atomic mass is 32.2. The minimum Gasteiger partial charge on any atom is -0.497 e. The van der Waals surface area contributed by atoms with Crippen LogP contribution < -0.4 is 14.8 Å². The van der Waals surface area contributed by atoms with Crippen molar-refractivity contribution in [2.24, 2.45) is 5.41 Å². The van der Waals surface area contributed by atoms with Crippen LogP contribution in [0.5, 0.6) is 5.75 Å². The third kappa shape index (κ3) is 6.50. The molecule has 5 aliphatic rings. The van der Waals surface area contributed by atoms with Gasteiger partial charge in [-0.3, -0.25) is 14.3 Å². The molecule has 2 atom stereocenters. The fourth-order valence-corrected chi connectivity index (χ4v) is 10.4. The van der Waals surface area contributed by atoms with Gasteiger partial charge >= 0.3 is 0 Å². The number of fused-ring (bicyclic) bond motifs is 6. The average molecular weight is 795 g/mol. The Hall–Kier alpha value is -4.46. The molecule has 0 radical (unpaired) electrons. The summed E-state index contributed by atoms with van der Waals surface area (Å²) in [5.74, 6) is 0.365. The lowest BCUT2D eigenvalue weighted by Gasteiger charge is -2.46. The first-order valence-electron chi connectivity index (χ1n) is 20.8. The first kappa shape index (κ1) is 38.1. The molecule has 5 heterocycles. The quantitative estimate of drug-likeness (QED) is 0.170. The number of hydrogen-bond acceptors (Lipinski definition) is 8. The van der Waals surface area contributed by atoms with Crippen LogP contribution in [0.4, 0.5) is 0 Å². The molecule has 12 nitrogen and oxygen atoms in total. The van der Waals surface area contributed by atoms with Gasteiger partial charge in [-0.05, 0) is 112 Å². The number of carbonyl (C=O) groups excluding carboxylic acids is 2. The van der Waals surface area contributed by atoms with E-state index < -0.39 is 21.2 Å². The highest BCUT2D eigenvalue weighted by Gasteiger charge is 2.53. The monoisotopic (exact) mass is 794 g/mol. The van der Waals surface area contributed by atoms with Gasteiger partial charge in [-0.15, -0.1) is 0 Å². The summed E-state index contributed by atoms with van der Waals surface area (Å²) in [6.07, 6.45) is 12.8. The van der Waals surface area contributed by atoms with Crippen LogP contribution in [0, 0.1) is 5.41 Å². The van der Waals surface area contributed by atoms with Crippen molar-refractivity contribution >= 4 is 44.4 Å². The van der Waals surface area contributed by atoms with Crippen LogP contribution in [0.1, 0.15) is 122 Å². The molecule has 0 bridgehead atoms. The maximum atomic E-state index is 14.9. The minimum atomic E-state index is -3.85. The Morgan fingerprint density at radius 2 is 1.88 bits per heavy atom. The topological polar surface area (TPSA) is 137 Å². The smallest absolute Gasteiger partial charge is 0.264 e. The molecule has 2 saturated carbocycles. The fourth-order valence-electron chi connectivity index (χ4n) is 9.79. The van der Waals surface area contributed by atoms with E-state index in [1.165, 1.54) is 12.0 Å². The number of aromatic nitrogens is 3. The Kier molecular flexibility index (Phi) is 9.84. The molecule has 0 spiro atoms. The van der Waals surface area contributed by atoms with Gasteiger partial charge in [0.2, 0.25) is 10.0 Å². The lowest BCUT2D eigenvalue weighted by Crippen LogP contribution is -2.58. The molecule has 2 N–H and O–H groups in total. The van der Waals surface area contributed by atoms with Gasteiger partial charge in [-0.1, -0.05) is 25.3 Å². The molecule has 302 valence electrons. The van der Waals surface area contributed by atoms with Gasteiger partial charge in [0.05, 0.1) is 66.2 Å². The SMILES string of the molecule is CCN(CC12CNCC1OC2)C(=O)c1cnn(C2CCC2)c1C1=Cc2cc(OC)ccc2-c2c(C3CCCCC3)c3ccc(C(=O)NS(=O)(=O)C(C)C)cc3n2C1. The van der Waals surface area contributed by atoms with Crippen molar-refractivity contribution in [3.05, 3.63) is 70.5 Å². The van der Waals surface area contributed by atoms with Crippen molar-refractivity contribution in [3.8, 4) is 17.0 Å². The highest BCUT2D eigenvalue weighted by Crippen LogP contribution is 2.49. The Labute approximate surface area is 335 Å². The molecule has 13 heteroatoms. The maximum Gasteiger partial charge on any atom is 0.264 e. The Morgan fingerprint density at radius 3 is 2.54 bits per heavy atom. The first-order chi connectivity index (χ1) is 27.5. The number of allylic oxidation sites excluding steroid dienone is 1. The summed E-state index contributed by atoms with van der Waals surface area (Å²) < 4.78 is 44.1. The molecule has 2 aromatic heterocycles. The third-order valence-corrected chi connectivity index (χ3v) is 15.1. The van der Waals surface area contributed by atoms with Crippen LogP contribution in [0.25, 0.3) is 33.8 Å². The van der Waals surface area contributed by atoms with E-state index in [1.54, 1.807) is 33.2 Å². The van der Waals surface area contributed by atoms with Gasteiger partial charge in [0.1, 0.15) is 5.75 Å². The Morgan fingerprint density at radius 1 is 1.07 bits per heavy atom. The number of nitrogens with one attached hydrogen (secondary N) is 2. The van der Waals surface area contributed by atoms with Crippen molar-refractivity contribution in [2.75, 3.05) is 39.9 Å². The zero-order chi connectivity index (χ0) is 39.6. The van der Waals surface area contributed by atoms with Crippen molar-refractivity contribution in [1.29, 1.82) is 0 Å². The van der Waals surface area contributed by atoms with E-state index in [9.17, 15) is 18.0 Å². The van der Waals surface area contributed by atoms with Crippen molar-refractivity contribution in [1.82, 2.24) is 29.3 Å². The summed E-state index contributed by atoms with van der Waals surface area (Å²) >= 11 is 0. The average Bonchev–Trinajstić information content (AvgIpc) is 3.79. The number of amides is 2. The van der Waals surface area contributed by atoms with E-state index in [0.717, 1.165) is 103 Å². The fraction of sp³-hybridized carbons (Fsp3) is 0.523. The lowest BCUT2D eigenvalue weighted by molar-refractivity contribution is -0.161. The second-order valence-electron chi connectivity index (χ2n) is 17.1. The molecule has 2 saturated heterocycles. The van der Waals surface area contributed by atoms with Gasteiger partial charge in [0.15, 0.2) is 0 Å². The van der Waals surface area contributed by atoms with E-state index in [1.807, 2.05) is 30.0 Å². The molecule has 4 aromatic rings. The highest BCUT2D eigenvalue weighted by molar-refractivity contribution is 7.90. The zero-order valence-corrected chi connectivity index (χ0v) is 34.3. The summed E-state index contributed by atoms with van der Waals surface area (Å²) in [5.41, 5.74) is 7.80. The Balaban J connectivity index is 1.23. The predicted octanol–water partition coefficient (Wildman–Crippen LogP) is 6.76. The van der Waals surface area contributed by atoms with Crippen LogP contribution in [-0.4, -0.2) is 90.7 Å². The van der Waals surface area contributed by atoms with E-state index in [2.05, 4.69) is 37.5 Å². The molecule has 3 aliphatic heterocycles. The van der Waals surface area contributed by atoms with E-state index in [4.69, 9.17) is 14.6 Å². The number of carbonyl (C=O) groups is 2. The lowest BCUT2D eigenvalue weighted by atomic mass is 9.80. The normalized spacial score (nSPS) is 22.2. The molecular weight excluding hydrogens is 741 g/mol. The van der Waals surface area contributed by atoms with Crippen molar-refractivity contribution < 1.29 is 27.5 Å². The summed E-state index contributed by atoms with van der Waals surface area (Å²) in [6, 6.07) is 12.0. The van der Waals surface area contributed by atoms with Crippen molar-refractivity contribution in [2.45, 2.75) is 102 Å². The molecule has 2 amide bonds. The summed E-state index contributed by atoms with van der Waals surface area (Å²) in [5, 5.41) is 8.76. The predicted molar refractivity (Wildman–Crippen MR) is 221 cm³/mol. The number of ether oxygens (including phenoxy) is 2. The maximum absolute atomic E-state index is 14.9. The number of hydrogen-bond donors (Lipinski definition) is 2. The van der Waals surface area contributed by atoms with E-state index >= 15 is 0 Å².